The Labute approximate surface area is 128 Å². The summed E-state index contributed by atoms with van der Waals surface area (Å²) in [6.45, 7) is 2.38. The van der Waals surface area contributed by atoms with E-state index >= 15 is 0 Å². The van der Waals surface area contributed by atoms with Crippen molar-refractivity contribution in [2.24, 2.45) is 0 Å². The molecule has 0 aliphatic carbocycles. The molecule has 0 saturated carbocycles. The average molecular weight is 299 g/mol. The minimum Gasteiger partial charge on any atom is -0.633 e. The van der Waals surface area contributed by atoms with Gasteiger partial charge >= 0.3 is 0 Å². The second-order valence-electron chi connectivity index (χ2n) is 5.76. The van der Waals surface area contributed by atoms with Gasteiger partial charge in [-0.15, -0.1) is 0 Å². The molecule has 0 bridgehead atoms. The fourth-order valence-corrected chi connectivity index (χ4v) is 5.48. The van der Waals surface area contributed by atoms with Crippen LogP contribution < -0.4 is 10.6 Å². The SMILES string of the molecule is [O-][N+]1(CCP(c2ccccc2)c2ccccc2)CCCC1. The Balaban J connectivity index is 1.80. The Bertz CT molecular complexity index is 512. The third kappa shape index (κ3) is 3.71. The van der Waals surface area contributed by atoms with Crippen LogP contribution >= 0.6 is 7.92 Å². The van der Waals surface area contributed by atoms with E-state index in [1.54, 1.807) is 0 Å². The molecule has 3 heteroatoms. The fourth-order valence-electron chi connectivity index (χ4n) is 3.04. The molecule has 0 radical (unpaired) electrons. The lowest BCUT2D eigenvalue weighted by molar-refractivity contribution is -0.865. The number of hydrogen-bond acceptors (Lipinski definition) is 1. The van der Waals surface area contributed by atoms with E-state index in [2.05, 4.69) is 60.7 Å². The van der Waals surface area contributed by atoms with E-state index in [4.69, 9.17) is 0 Å². The lowest BCUT2D eigenvalue weighted by atomic mass is 10.4. The van der Waals surface area contributed by atoms with E-state index < -0.39 is 7.92 Å². The summed E-state index contributed by atoms with van der Waals surface area (Å²) in [5, 5.41) is 15.4. The van der Waals surface area contributed by atoms with E-state index in [0.29, 0.717) is 0 Å². The molecule has 0 spiro atoms. The van der Waals surface area contributed by atoms with Crippen LogP contribution in [0.15, 0.2) is 60.7 Å². The van der Waals surface area contributed by atoms with E-state index in [-0.39, 0.29) is 4.65 Å². The summed E-state index contributed by atoms with van der Waals surface area (Å²) in [5.41, 5.74) is 0. The van der Waals surface area contributed by atoms with Crippen molar-refractivity contribution in [3.05, 3.63) is 65.9 Å². The first-order valence-corrected chi connectivity index (χ1v) is 9.24. The van der Waals surface area contributed by atoms with Gasteiger partial charge in [0.05, 0.1) is 19.6 Å². The van der Waals surface area contributed by atoms with Gasteiger partial charge in [-0.2, -0.15) is 0 Å². The van der Waals surface area contributed by atoms with Gasteiger partial charge in [-0.05, 0) is 18.5 Å². The summed E-state index contributed by atoms with van der Waals surface area (Å²) >= 11 is 0. The van der Waals surface area contributed by atoms with Crippen molar-refractivity contribution in [3.8, 4) is 0 Å². The molecule has 0 N–H and O–H groups in total. The Kier molecular flexibility index (Phi) is 4.70. The van der Waals surface area contributed by atoms with Crippen molar-refractivity contribution in [1.82, 2.24) is 0 Å². The molecule has 2 aromatic carbocycles. The number of benzene rings is 2. The summed E-state index contributed by atoms with van der Waals surface area (Å²) in [6.07, 6.45) is 3.18. The number of nitrogens with zero attached hydrogens (tertiary/aromatic N) is 1. The van der Waals surface area contributed by atoms with Crippen LogP contribution in [0.5, 0.6) is 0 Å². The molecule has 21 heavy (non-hydrogen) atoms. The van der Waals surface area contributed by atoms with E-state index in [1.165, 1.54) is 10.6 Å². The van der Waals surface area contributed by atoms with Crippen molar-refractivity contribution in [2.45, 2.75) is 12.8 Å². The molecule has 2 nitrogen and oxygen atoms in total. The van der Waals surface area contributed by atoms with Gasteiger partial charge in [0.25, 0.3) is 0 Å². The standard InChI is InChI=1S/C18H22NOP/c20-19(13-7-8-14-19)15-16-21(17-9-3-1-4-10-17)18-11-5-2-6-12-18/h1-6,9-12H,7-8,13-16H2. The lowest BCUT2D eigenvalue weighted by Gasteiger charge is -2.39. The number of quaternary nitrogens is 1. The molecule has 0 atom stereocenters. The van der Waals surface area contributed by atoms with Crippen LogP contribution in [0.1, 0.15) is 12.8 Å². The smallest absolute Gasteiger partial charge is 0.0829 e. The highest BCUT2D eigenvalue weighted by molar-refractivity contribution is 7.73. The van der Waals surface area contributed by atoms with Crippen molar-refractivity contribution in [1.29, 1.82) is 0 Å². The molecule has 0 amide bonds. The Morgan fingerprint density at radius 3 is 1.76 bits per heavy atom. The maximum absolute atomic E-state index is 12.6. The van der Waals surface area contributed by atoms with Crippen molar-refractivity contribution < 1.29 is 4.65 Å². The van der Waals surface area contributed by atoms with E-state index in [0.717, 1.165) is 38.6 Å². The topological polar surface area (TPSA) is 23.1 Å². The molecule has 0 unspecified atom stereocenters. The summed E-state index contributed by atoms with van der Waals surface area (Å²) in [7, 11) is -0.415. The van der Waals surface area contributed by atoms with Crippen molar-refractivity contribution in [2.75, 3.05) is 25.8 Å². The largest absolute Gasteiger partial charge is 0.633 e. The average Bonchev–Trinajstić information content (AvgIpc) is 2.97. The van der Waals surface area contributed by atoms with Gasteiger partial charge in [0.2, 0.25) is 0 Å². The molecule has 0 aromatic heterocycles. The fraction of sp³-hybridized carbons (Fsp3) is 0.333. The predicted octanol–water partition coefficient (Wildman–Crippen LogP) is 3.23. The van der Waals surface area contributed by atoms with Crippen LogP contribution in [-0.2, 0) is 0 Å². The molecule has 110 valence electrons. The van der Waals surface area contributed by atoms with Gasteiger partial charge < -0.3 is 9.85 Å². The normalized spacial score (nSPS) is 17.2. The van der Waals surface area contributed by atoms with Gasteiger partial charge in [-0.3, -0.25) is 0 Å². The second kappa shape index (κ2) is 6.70. The van der Waals surface area contributed by atoms with Crippen molar-refractivity contribution in [3.63, 3.8) is 0 Å². The number of hydrogen-bond donors (Lipinski definition) is 0. The summed E-state index contributed by atoms with van der Waals surface area (Å²) < 4.78 is 0.0263. The quantitative estimate of drug-likeness (QED) is 0.472. The summed E-state index contributed by atoms with van der Waals surface area (Å²) in [4.78, 5) is 0. The maximum atomic E-state index is 12.6. The zero-order chi connectivity index (χ0) is 14.5. The highest BCUT2D eigenvalue weighted by Gasteiger charge is 2.25. The predicted molar refractivity (Wildman–Crippen MR) is 91.4 cm³/mol. The zero-order valence-corrected chi connectivity index (χ0v) is 13.2. The Hall–Kier alpha value is -1.21. The van der Waals surface area contributed by atoms with E-state index in [9.17, 15) is 5.21 Å². The number of likely N-dealkylation sites (tertiary alicyclic amines) is 1. The van der Waals surface area contributed by atoms with Crippen LogP contribution in [0.4, 0.5) is 0 Å². The molecule has 1 aliphatic heterocycles. The first-order chi connectivity index (χ1) is 10.3. The maximum Gasteiger partial charge on any atom is 0.0829 e. The molecule has 3 rings (SSSR count). The molecule has 1 aliphatic rings. The van der Waals surface area contributed by atoms with Crippen LogP contribution in [0.3, 0.4) is 0 Å². The summed E-state index contributed by atoms with van der Waals surface area (Å²) in [5.74, 6) is 0. The highest BCUT2D eigenvalue weighted by atomic mass is 31.1. The molecular formula is C18H22NOP. The van der Waals surface area contributed by atoms with Crippen molar-refractivity contribution >= 4 is 18.5 Å². The second-order valence-corrected chi connectivity index (χ2v) is 8.09. The molecular weight excluding hydrogens is 277 g/mol. The van der Waals surface area contributed by atoms with Crippen LogP contribution in [0, 0.1) is 5.21 Å². The Morgan fingerprint density at radius 1 is 0.810 bits per heavy atom. The summed E-state index contributed by atoms with van der Waals surface area (Å²) in [6, 6.07) is 21.4. The van der Waals surface area contributed by atoms with Gasteiger partial charge in [0, 0.05) is 19.0 Å². The first-order valence-electron chi connectivity index (χ1n) is 7.72. The minimum atomic E-state index is -0.415. The zero-order valence-electron chi connectivity index (χ0n) is 12.3. The van der Waals surface area contributed by atoms with Crippen LogP contribution in [-0.4, -0.2) is 30.4 Å². The van der Waals surface area contributed by atoms with Gasteiger partial charge in [-0.1, -0.05) is 60.7 Å². The van der Waals surface area contributed by atoms with E-state index in [1.807, 2.05) is 0 Å². The minimum absolute atomic E-state index is 0.0263. The Morgan fingerprint density at radius 2 is 1.29 bits per heavy atom. The molecule has 1 saturated heterocycles. The first kappa shape index (κ1) is 14.7. The molecule has 1 heterocycles. The number of rotatable bonds is 5. The lowest BCUT2D eigenvalue weighted by Crippen LogP contribution is -2.41. The van der Waals surface area contributed by atoms with Gasteiger partial charge in [-0.25, -0.2) is 0 Å². The number of hydroxylamine groups is 3. The highest BCUT2D eigenvalue weighted by Crippen LogP contribution is 2.34. The third-order valence-electron chi connectivity index (χ3n) is 4.25. The van der Waals surface area contributed by atoms with Crippen LogP contribution in [0.2, 0.25) is 0 Å². The molecule has 1 fully saturated rings. The van der Waals surface area contributed by atoms with Gasteiger partial charge in [0.1, 0.15) is 0 Å². The van der Waals surface area contributed by atoms with Crippen LogP contribution in [0.25, 0.3) is 0 Å². The monoisotopic (exact) mass is 299 g/mol. The molecule has 2 aromatic rings. The third-order valence-corrected chi connectivity index (χ3v) is 6.74. The van der Waals surface area contributed by atoms with Gasteiger partial charge in [0.15, 0.2) is 0 Å².